The highest BCUT2D eigenvalue weighted by atomic mass is 16.5. The van der Waals surface area contributed by atoms with Crippen LogP contribution < -0.4 is 15.4 Å². The topological polar surface area (TPSA) is 93.6 Å². The summed E-state index contributed by atoms with van der Waals surface area (Å²) in [5.74, 6) is 0.656. The number of anilines is 1. The molecule has 2 aliphatic rings. The van der Waals surface area contributed by atoms with Gasteiger partial charge in [0.15, 0.2) is 0 Å². The van der Waals surface area contributed by atoms with Gasteiger partial charge in [-0.2, -0.15) is 5.10 Å². The van der Waals surface area contributed by atoms with E-state index in [1.165, 1.54) is 0 Å². The van der Waals surface area contributed by atoms with Crippen molar-refractivity contribution in [3.05, 3.63) is 42.3 Å². The monoisotopic (exact) mass is 396 g/mol. The maximum Gasteiger partial charge on any atom is 0.244 e. The number of methoxy groups -OCH3 is 1. The molecule has 0 bridgehead atoms. The van der Waals surface area contributed by atoms with Crippen LogP contribution in [-0.4, -0.2) is 40.6 Å². The lowest BCUT2D eigenvalue weighted by Gasteiger charge is -2.33. The number of aromatic nitrogens is 2. The van der Waals surface area contributed by atoms with Gasteiger partial charge in [-0.25, -0.2) is 0 Å². The van der Waals surface area contributed by atoms with Crippen molar-refractivity contribution >= 4 is 22.5 Å². The van der Waals surface area contributed by atoms with Crippen LogP contribution in [0.2, 0.25) is 0 Å². The van der Waals surface area contributed by atoms with Gasteiger partial charge >= 0.3 is 0 Å². The Bertz CT molecular complexity index is 970. The van der Waals surface area contributed by atoms with Crippen molar-refractivity contribution in [2.45, 2.75) is 44.7 Å². The van der Waals surface area contributed by atoms with Gasteiger partial charge in [0.1, 0.15) is 11.8 Å². The van der Waals surface area contributed by atoms with E-state index in [2.05, 4.69) is 6.20 Å². The quantitative estimate of drug-likeness (QED) is 0.811. The molecule has 2 heterocycles. The van der Waals surface area contributed by atoms with Crippen molar-refractivity contribution < 1.29 is 14.6 Å². The number of aliphatic hydroxyl groups excluding tert-OH is 1. The zero-order valence-corrected chi connectivity index (χ0v) is 16.9. The number of primary amides is 1. The Kier molecular flexibility index (Phi) is 5.32. The van der Waals surface area contributed by atoms with Crippen LogP contribution in [-0.2, 0) is 4.79 Å². The number of nitrogens with two attached hydrogens (primary N) is 1. The molecule has 7 heteroatoms. The second-order valence-corrected chi connectivity index (χ2v) is 7.96. The first-order chi connectivity index (χ1) is 14.0. The Morgan fingerprint density at radius 3 is 2.72 bits per heavy atom. The fraction of sp³-hybridized carbons (Fsp3) is 0.455. The summed E-state index contributed by atoms with van der Waals surface area (Å²) in [7, 11) is 1.62. The fourth-order valence-electron chi connectivity index (χ4n) is 4.44. The summed E-state index contributed by atoms with van der Waals surface area (Å²) in [6.07, 6.45) is 11.8. The molecular weight excluding hydrogens is 368 g/mol. The van der Waals surface area contributed by atoms with Crippen molar-refractivity contribution in [2.24, 2.45) is 11.7 Å². The number of allylic oxidation sites excluding steroid dienone is 3. The van der Waals surface area contributed by atoms with E-state index in [0.29, 0.717) is 17.7 Å². The van der Waals surface area contributed by atoms with E-state index in [-0.39, 0.29) is 6.61 Å². The molecule has 154 valence electrons. The van der Waals surface area contributed by atoms with Gasteiger partial charge in [0.25, 0.3) is 0 Å². The normalized spacial score (nSPS) is 24.6. The maximum atomic E-state index is 12.0. The second kappa shape index (κ2) is 7.91. The summed E-state index contributed by atoms with van der Waals surface area (Å²) in [6.45, 7) is 2.22. The van der Waals surface area contributed by atoms with E-state index in [4.69, 9.17) is 15.6 Å². The number of hydrogen-bond acceptors (Lipinski definition) is 5. The molecule has 1 fully saturated rings. The molecule has 0 saturated heterocycles. The molecule has 1 unspecified atom stereocenters. The Hall–Kier alpha value is -2.80. The Morgan fingerprint density at radius 1 is 1.31 bits per heavy atom. The second-order valence-electron chi connectivity index (χ2n) is 7.96. The third-order valence-corrected chi connectivity index (χ3v) is 6.11. The molecule has 0 spiro atoms. The Balaban J connectivity index is 1.71. The van der Waals surface area contributed by atoms with Crippen molar-refractivity contribution in [1.82, 2.24) is 9.78 Å². The predicted octanol–water partition coefficient (Wildman–Crippen LogP) is 2.90. The van der Waals surface area contributed by atoms with Gasteiger partial charge in [-0.15, -0.1) is 0 Å². The summed E-state index contributed by atoms with van der Waals surface area (Å²) in [4.78, 5) is 13.9. The molecule has 4 rings (SSSR count). The van der Waals surface area contributed by atoms with Crippen molar-refractivity contribution in [2.75, 3.05) is 18.6 Å². The Morgan fingerprint density at radius 2 is 2.07 bits per heavy atom. The lowest BCUT2D eigenvalue weighted by Crippen LogP contribution is -2.43. The van der Waals surface area contributed by atoms with E-state index < -0.39 is 11.9 Å². The third kappa shape index (κ3) is 3.62. The van der Waals surface area contributed by atoms with Crippen molar-refractivity contribution in [3.8, 4) is 5.75 Å². The number of ether oxygens (including phenoxy) is 1. The van der Waals surface area contributed by atoms with Gasteiger partial charge < -0.3 is 20.5 Å². The molecular formula is C22H28N4O3. The first-order valence-corrected chi connectivity index (χ1v) is 10.1. The van der Waals surface area contributed by atoms with Gasteiger partial charge in [0.05, 0.1) is 24.4 Å². The Labute approximate surface area is 170 Å². The van der Waals surface area contributed by atoms with Crippen LogP contribution in [0.1, 0.15) is 38.6 Å². The number of carbonyl (C=O) groups excluding carboxylic acids is 1. The number of aliphatic hydroxyl groups is 1. The van der Waals surface area contributed by atoms with Crippen LogP contribution in [0, 0.1) is 5.92 Å². The van der Waals surface area contributed by atoms with Crippen LogP contribution in [0.15, 0.2) is 42.3 Å². The molecule has 1 atom stereocenters. The predicted molar refractivity (Wildman–Crippen MR) is 113 cm³/mol. The van der Waals surface area contributed by atoms with E-state index in [0.717, 1.165) is 48.0 Å². The molecule has 29 heavy (non-hydrogen) atoms. The molecule has 3 N–H and O–H groups in total. The van der Waals surface area contributed by atoms with Crippen LogP contribution in [0.3, 0.4) is 0 Å². The fourth-order valence-corrected chi connectivity index (χ4v) is 4.44. The van der Waals surface area contributed by atoms with Gasteiger partial charge in [0.2, 0.25) is 5.91 Å². The van der Waals surface area contributed by atoms with Crippen molar-refractivity contribution in [1.29, 1.82) is 0 Å². The van der Waals surface area contributed by atoms with Crippen LogP contribution in [0.5, 0.6) is 5.75 Å². The molecule has 1 aromatic carbocycles. The number of amides is 1. The number of benzene rings is 1. The lowest BCUT2D eigenvalue weighted by molar-refractivity contribution is -0.118. The lowest BCUT2D eigenvalue weighted by atomic mass is 9.87. The van der Waals surface area contributed by atoms with Crippen LogP contribution in [0.4, 0.5) is 5.69 Å². The van der Waals surface area contributed by atoms with Crippen molar-refractivity contribution in [3.63, 3.8) is 0 Å². The largest absolute Gasteiger partial charge is 0.494 e. The summed E-state index contributed by atoms with van der Waals surface area (Å²) in [5.41, 5.74) is 8.23. The average molecular weight is 396 g/mol. The standard InChI is InChI=1S/C22H28N4O3/c1-14-4-3-5-19(22(23)28)26(14)20-10-16-12-25(24-18(16)11-21(20)29-2)17-8-6-15(13-27)7-9-17/h3-5,10-12,15,17,19,27H,6-9,13H2,1-2H3,(H2,23,28). The first kappa shape index (κ1) is 19.5. The smallest absolute Gasteiger partial charge is 0.244 e. The number of fused-ring (bicyclic) bond motifs is 1. The van der Waals surface area contributed by atoms with Gasteiger partial charge in [-0.05, 0) is 50.7 Å². The first-order valence-electron chi connectivity index (χ1n) is 10.1. The SMILES string of the molecule is COc1cc2nn(C3CCC(CO)CC3)cc2cc1N1C(C)=CC=CC1C(N)=O. The highest BCUT2D eigenvalue weighted by molar-refractivity contribution is 5.92. The minimum absolute atomic E-state index is 0.270. The minimum atomic E-state index is -0.560. The molecule has 0 radical (unpaired) electrons. The molecule has 1 aromatic heterocycles. The zero-order valence-electron chi connectivity index (χ0n) is 16.9. The van der Waals surface area contributed by atoms with E-state index in [1.807, 2.05) is 40.8 Å². The molecule has 1 aliphatic heterocycles. The molecule has 1 saturated carbocycles. The summed E-state index contributed by atoms with van der Waals surface area (Å²) >= 11 is 0. The molecule has 7 nitrogen and oxygen atoms in total. The number of carbonyl (C=O) groups is 1. The number of rotatable bonds is 5. The summed E-state index contributed by atoms with van der Waals surface area (Å²) < 4.78 is 7.69. The van der Waals surface area contributed by atoms with Crippen LogP contribution in [0.25, 0.3) is 10.9 Å². The van der Waals surface area contributed by atoms with Gasteiger partial charge in [0, 0.05) is 30.0 Å². The van der Waals surface area contributed by atoms with Crippen LogP contribution >= 0.6 is 0 Å². The summed E-state index contributed by atoms with van der Waals surface area (Å²) in [6, 6.07) is 3.72. The zero-order chi connectivity index (χ0) is 20.5. The molecule has 2 aromatic rings. The number of hydrogen-bond donors (Lipinski definition) is 2. The highest BCUT2D eigenvalue weighted by Crippen LogP contribution is 2.38. The highest BCUT2D eigenvalue weighted by Gasteiger charge is 2.28. The third-order valence-electron chi connectivity index (χ3n) is 6.11. The average Bonchev–Trinajstić information content (AvgIpc) is 3.15. The van der Waals surface area contributed by atoms with E-state index >= 15 is 0 Å². The number of nitrogens with zero attached hydrogens (tertiary/aromatic N) is 3. The van der Waals surface area contributed by atoms with E-state index in [1.54, 1.807) is 13.2 Å². The van der Waals surface area contributed by atoms with Gasteiger partial charge in [-0.1, -0.05) is 12.2 Å². The van der Waals surface area contributed by atoms with Gasteiger partial charge in [-0.3, -0.25) is 9.48 Å². The van der Waals surface area contributed by atoms with E-state index in [9.17, 15) is 9.90 Å². The molecule has 1 aliphatic carbocycles. The maximum absolute atomic E-state index is 12.0. The molecule has 1 amide bonds. The summed E-state index contributed by atoms with van der Waals surface area (Å²) in [5, 5.41) is 15.2. The minimum Gasteiger partial charge on any atom is -0.494 e.